The molecule has 0 radical (unpaired) electrons. The zero-order chi connectivity index (χ0) is 16.1. The minimum atomic E-state index is -0.614. The molecule has 0 bridgehead atoms. The van der Waals surface area contributed by atoms with Crippen molar-refractivity contribution in [3.63, 3.8) is 0 Å². The van der Waals surface area contributed by atoms with Crippen molar-refractivity contribution in [3.8, 4) is 0 Å². The Balaban J connectivity index is 4.07. The molecule has 2 N–H and O–H groups in total. The molecule has 0 aromatic heterocycles. The molecule has 9 nitrogen and oxygen atoms in total. The number of carbonyl (C=O) groups excluding carboxylic acids is 3. The summed E-state index contributed by atoms with van der Waals surface area (Å²) in [6.07, 6.45) is -1.17. The summed E-state index contributed by atoms with van der Waals surface area (Å²) >= 11 is 0. The van der Waals surface area contributed by atoms with Crippen LogP contribution < -0.4 is 10.6 Å². The molecule has 0 aromatic rings. The van der Waals surface area contributed by atoms with Crippen molar-refractivity contribution in [1.29, 1.82) is 0 Å². The number of carbonyl (C=O) groups is 3. The number of alkyl carbamates (subject to hydrolysis) is 2. The molecule has 0 spiro atoms. The SMILES string of the molecule is CNC(=O)OCC(COC(=O)NC)OCCCC(=O)OC. The van der Waals surface area contributed by atoms with Crippen LogP contribution in [0.2, 0.25) is 0 Å². The predicted molar refractivity (Wildman–Crippen MR) is 71.8 cm³/mol. The Morgan fingerprint density at radius 2 is 1.52 bits per heavy atom. The lowest BCUT2D eigenvalue weighted by molar-refractivity contribution is -0.141. The van der Waals surface area contributed by atoms with Gasteiger partial charge in [0.05, 0.1) is 7.11 Å². The predicted octanol–water partition coefficient (Wildman–Crippen LogP) is 0.0368. The third kappa shape index (κ3) is 10.4. The van der Waals surface area contributed by atoms with Gasteiger partial charge in [0, 0.05) is 27.1 Å². The Labute approximate surface area is 123 Å². The van der Waals surface area contributed by atoms with E-state index in [2.05, 4.69) is 15.4 Å². The summed E-state index contributed by atoms with van der Waals surface area (Å²) in [6.45, 7) is 0.0950. The van der Waals surface area contributed by atoms with E-state index in [4.69, 9.17) is 14.2 Å². The second-order valence-corrected chi connectivity index (χ2v) is 3.87. The standard InChI is InChI=1S/C12H22N2O7/c1-13-11(16)20-7-9(8-21-12(17)14-2)19-6-4-5-10(15)18-3/h9H,4-8H2,1-3H3,(H,13,16)(H,14,17). The highest BCUT2D eigenvalue weighted by Gasteiger charge is 2.15. The quantitative estimate of drug-likeness (QED) is 0.351. The van der Waals surface area contributed by atoms with Crippen molar-refractivity contribution in [2.24, 2.45) is 0 Å². The topological polar surface area (TPSA) is 112 Å². The molecular formula is C12H22N2O7. The maximum absolute atomic E-state index is 11.0. The van der Waals surface area contributed by atoms with Gasteiger partial charge in [0.15, 0.2) is 0 Å². The Morgan fingerprint density at radius 3 is 1.95 bits per heavy atom. The number of esters is 1. The monoisotopic (exact) mass is 306 g/mol. The molecule has 0 aromatic carbocycles. The summed E-state index contributed by atoms with van der Waals surface area (Å²) in [4.78, 5) is 32.9. The van der Waals surface area contributed by atoms with Gasteiger partial charge < -0.3 is 29.6 Å². The maximum Gasteiger partial charge on any atom is 0.406 e. The lowest BCUT2D eigenvalue weighted by Crippen LogP contribution is -2.33. The lowest BCUT2D eigenvalue weighted by Gasteiger charge is -2.17. The van der Waals surface area contributed by atoms with Crippen LogP contribution in [0.4, 0.5) is 9.59 Å². The number of hydrogen-bond donors (Lipinski definition) is 2. The summed E-state index contributed by atoms with van der Waals surface area (Å²) in [5.74, 6) is -0.335. The Kier molecular flexibility index (Phi) is 10.6. The summed E-state index contributed by atoms with van der Waals surface area (Å²) < 4.78 is 19.6. The van der Waals surface area contributed by atoms with Gasteiger partial charge in [-0.25, -0.2) is 9.59 Å². The van der Waals surface area contributed by atoms with Crippen LogP contribution >= 0.6 is 0 Å². The molecule has 0 rings (SSSR count). The van der Waals surface area contributed by atoms with Crippen LogP contribution in [-0.4, -0.2) is 65.3 Å². The smallest absolute Gasteiger partial charge is 0.406 e. The molecule has 0 aliphatic heterocycles. The Morgan fingerprint density at radius 1 is 1.00 bits per heavy atom. The first kappa shape index (κ1) is 19.0. The Bertz CT molecular complexity index is 316. The molecule has 0 aliphatic carbocycles. The summed E-state index contributed by atoms with van der Waals surface area (Å²) in [5, 5.41) is 4.58. The van der Waals surface area contributed by atoms with Crippen molar-refractivity contribution in [2.45, 2.75) is 18.9 Å². The average molecular weight is 306 g/mol. The highest BCUT2D eigenvalue weighted by Crippen LogP contribution is 2.00. The molecule has 0 aliphatic rings. The van der Waals surface area contributed by atoms with E-state index < -0.39 is 18.3 Å². The van der Waals surface area contributed by atoms with E-state index in [1.54, 1.807) is 0 Å². The van der Waals surface area contributed by atoms with E-state index in [9.17, 15) is 14.4 Å². The molecule has 0 saturated carbocycles. The lowest BCUT2D eigenvalue weighted by atomic mass is 10.3. The average Bonchev–Trinajstić information content (AvgIpc) is 2.51. The van der Waals surface area contributed by atoms with Crippen molar-refractivity contribution in [2.75, 3.05) is 41.0 Å². The molecule has 0 atom stereocenters. The van der Waals surface area contributed by atoms with Crippen molar-refractivity contribution in [3.05, 3.63) is 0 Å². The van der Waals surface area contributed by atoms with Crippen LogP contribution in [0.1, 0.15) is 12.8 Å². The van der Waals surface area contributed by atoms with E-state index in [0.717, 1.165) is 0 Å². The van der Waals surface area contributed by atoms with Gasteiger partial charge in [0.2, 0.25) is 0 Å². The molecular weight excluding hydrogens is 284 g/mol. The van der Waals surface area contributed by atoms with E-state index in [0.29, 0.717) is 6.42 Å². The zero-order valence-corrected chi connectivity index (χ0v) is 12.5. The van der Waals surface area contributed by atoms with Crippen molar-refractivity contribution < 1.29 is 33.3 Å². The number of nitrogens with one attached hydrogen (secondary N) is 2. The fraction of sp³-hybridized carbons (Fsp3) is 0.750. The van der Waals surface area contributed by atoms with E-state index in [-0.39, 0.29) is 32.2 Å². The minimum absolute atomic E-state index is 0.0745. The first-order valence-corrected chi connectivity index (χ1v) is 6.40. The first-order chi connectivity index (χ1) is 10.0. The van der Waals surface area contributed by atoms with Crippen LogP contribution in [0.15, 0.2) is 0 Å². The third-order valence-corrected chi connectivity index (χ3v) is 2.32. The zero-order valence-electron chi connectivity index (χ0n) is 12.5. The van der Waals surface area contributed by atoms with Gasteiger partial charge >= 0.3 is 18.2 Å². The number of methoxy groups -OCH3 is 1. The second kappa shape index (κ2) is 11.8. The molecule has 122 valence electrons. The molecule has 0 heterocycles. The van der Waals surface area contributed by atoms with Gasteiger partial charge in [0.1, 0.15) is 19.3 Å². The van der Waals surface area contributed by atoms with Gasteiger partial charge in [-0.05, 0) is 6.42 Å². The highest BCUT2D eigenvalue weighted by atomic mass is 16.6. The largest absolute Gasteiger partial charge is 0.469 e. The molecule has 21 heavy (non-hydrogen) atoms. The van der Waals surface area contributed by atoms with Crippen LogP contribution in [0.5, 0.6) is 0 Å². The summed E-state index contributed by atoms with van der Waals surface area (Å²) in [7, 11) is 4.16. The van der Waals surface area contributed by atoms with Gasteiger partial charge in [-0.2, -0.15) is 0 Å². The molecule has 2 amide bonds. The van der Waals surface area contributed by atoms with Gasteiger partial charge in [-0.15, -0.1) is 0 Å². The van der Waals surface area contributed by atoms with E-state index in [1.807, 2.05) is 0 Å². The number of ether oxygens (including phenoxy) is 4. The first-order valence-electron chi connectivity index (χ1n) is 6.40. The third-order valence-electron chi connectivity index (χ3n) is 2.32. The van der Waals surface area contributed by atoms with Crippen LogP contribution in [0, 0.1) is 0 Å². The van der Waals surface area contributed by atoms with Crippen LogP contribution in [0.3, 0.4) is 0 Å². The number of hydrogen-bond acceptors (Lipinski definition) is 7. The van der Waals surface area contributed by atoms with Crippen molar-refractivity contribution in [1.82, 2.24) is 10.6 Å². The van der Waals surface area contributed by atoms with Gasteiger partial charge in [-0.1, -0.05) is 0 Å². The Hall–Kier alpha value is -2.03. The van der Waals surface area contributed by atoms with Crippen LogP contribution in [-0.2, 0) is 23.7 Å². The minimum Gasteiger partial charge on any atom is -0.469 e. The maximum atomic E-state index is 11.0. The molecule has 0 saturated heterocycles. The fourth-order valence-electron chi connectivity index (χ4n) is 1.19. The van der Waals surface area contributed by atoms with Gasteiger partial charge in [0.25, 0.3) is 0 Å². The number of rotatable bonds is 9. The van der Waals surface area contributed by atoms with Crippen molar-refractivity contribution >= 4 is 18.2 Å². The van der Waals surface area contributed by atoms with Crippen LogP contribution in [0.25, 0.3) is 0 Å². The van der Waals surface area contributed by atoms with E-state index in [1.165, 1.54) is 21.2 Å². The van der Waals surface area contributed by atoms with E-state index >= 15 is 0 Å². The highest BCUT2D eigenvalue weighted by molar-refractivity contribution is 5.69. The van der Waals surface area contributed by atoms with Gasteiger partial charge in [-0.3, -0.25) is 4.79 Å². The molecule has 9 heteroatoms. The second-order valence-electron chi connectivity index (χ2n) is 3.87. The molecule has 0 unspecified atom stereocenters. The summed E-state index contributed by atoms with van der Waals surface area (Å²) in [6, 6.07) is 0. The number of amides is 2. The summed E-state index contributed by atoms with van der Waals surface area (Å²) in [5.41, 5.74) is 0. The fourth-order valence-corrected chi connectivity index (χ4v) is 1.19. The molecule has 0 fully saturated rings. The normalized spacial score (nSPS) is 9.90.